The summed E-state index contributed by atoms with van der Waals surface area (Å²) in [5, 5.41) is 5.78. The summed E-state index contributed by atoms with van der Waals surface area (Å²) in [6, 6.07) is 7.33. The molecule has 1 aliphatic rings. The standard InChI is InChI=1S/C21H25F4N5S/c1-14-5-2-3-12-30(14)18-13-17(21(23,24)25)27-19(28-18)29-20(31)26-11-4-6-15-7-9-16(22)10-8-15/h7-10,13-14H,2-6,11-12H2,1H3,(H2,26,27,28,29,31). The predicted molar refractivity (Wildman–Crippen MR) is 117 cm³/mol. The second-order valence-corrected chi connectivity index (χ2v) is 7.99. The van der Waals surface area contributed by atoms with Gasteiger partial charge in [-0.3, -0.25) is 0 Å². The lowest BCUT2D eigenvalue weighted by Gasteiger charge is -2.34. The highest BCUT2D eigenvalue weighted by molar-refractivity contribution is 7.80. The van der Waals surface area contributed by atoms with Crippen molar-refractivity contribution in [1.82, 2.24) is 15.3 Å². The van der Waals surface area contributed by atoms with Crippen molar-refractivity contribution in [2.45, 2.75) is 51.2 Å². The molecule has 0 radical (unpaired) electrons. The number of benzene rings is 1. The van der Waals surface area contributed by atoms with Gasteiger partial charge < -0.3 is 15.5 Å². The highest BCUT2D eigenvalue weighted by atomic mass is 32.1. The minimum Gasteiger partial charge on any atom is -0.362 e. The molecule has 2 N–H and O–H groups in total. The van der Waals surface area contributed by atoms with Gasteiger partial charge in [-0.1, -0.05) is 12.1 Å². The summed E-state index contributed by atoms with van der Waals surface area (Å²) in [4.78, 5) is 9.78. The van der Waals surface area contributed by atoms with Crippen LogP contribution in [0.4, 0.5) is 29.3 Å². The van der Waals surface area contributed by atoms with Crippen LogP contribution in [0.3, 0.4) is 0 Å². The second kappa shape index (κ2) is 10.2. The Kier molecular flexibility index (Phi) is 7.64. The smallest absolute Gasteiger partial charge is 0.362 e. The molecular weight excluding hydrogens is 430 g/mol. The SMILES string of the molecule is CC1CCCCN1c1cc(C(F)(F)F)nc(NC(=S)NCCCc2ccc(F)cc2)n1. The van der Waals surface area contributed by atoms with Crippen LogP contribution in [-0.4, -0.2) is 34.2 Å². The molecule has 5 nitrogen and oxygen atoms in total. The van der Waals surface area contributed by atoms with Gasteiger partial charge in [0, 0.05) is 25.2 Å². The van der Waals surface area contributed by atoms with E-state index in [4.69, 9.17) is 12.2 Å². The number of nitrogens with zero attached hydrogens (tertiary/aromatic N) is 3. The zero-order chi connectivity index (χ0) is 22.4. The molecule has 0 amide bonds. The number of aromatic nitrogens is 2. The van der Waals surface area contributed by atoms with E-state index in [9.17, 15) is 17.6 Å². The maximum Gasteiger partial charge on any atom is 0.433 e. The lowest BCUT2D eigenvalue weighted by molar-refractivity contribution is -0.141. The second-order valence-electron chi connectivity index (χ2n) is 7.58. The van der Waals surface area contributed by atoms with Gasteiger partial charge in [0.15, 0.2) is 10.8 Å². The first-order chi connectivity index (χ1) is 14.7. The average molecular weight is 456 g/mol. The van der Waals surface area contributed by atoms with Crippen molar-refractivity contribution < 1.29 is 17.6 Å². The fourth-order valence-corrected chi connectivity index (χ4v) is 3.71. The van der Waals surface area contributed by atoms with E-state index >= 15 is 0 Å². The molecule has 0 spiro atoms. The maximum atomic E-state index is 13.4. The van der Waals surface area contributed by atoms with Crippen molar-refractivity contribution in [2.24, 2.45) is 0 Å². The molecule has 168 valence electrons. The van der Waals surface area contributed by atoms with Crippen LogP contribution in [0.25, 0.3) is 0 Å². The van der Waals surface area contributed by atoms with Gasteiger partial charge in [-0.2, -0.15) is 18.2 Å². The van der Waals surface area contributed by atoms with Crippen LogP contribution < -0.4 is 15.5 Å². The minimum atomic E-state index is -4.59. The molecule has 0 bridgehead atoms. The van der Waals surface area contributed by atoms with Gasteiger partial charge >= 0.3 is 6.18 Å². The van der Waals surface area contributed by atoms with Gasteiger partial charge in [-0.15, -0.1) is 0 Å². The molecule has 3 rings (SSSR count). The van der Waals surface area contributed by atoms with Crippen LogP contribution >= 0.6 is 12.2 Å². The number of piperidine rings is 1. The Morgan fingerprint density at radius 1 is 1.19 bits per heavy atom. The molecule has 1 unspecified atom stereocenters. The van der Waals surface area contributed by atoms with Gasteiger partial charge in [0.2, 0.25) is 5.95 Å². The van der Waals surface area contributed by atoms with Crippen molar-refractivity contribution in [3.8, 4) is 0 Å². The first-order valence-electron chi connectivity index (χ1n) is 10.2. The highest BCUT2D eigenvalue weighted by Gasteiger charge is 2.35. The van der Waals surface area contributed by atoms with Gasteiger partial charge in [0.05, 0.1) is 0 Å². The largest absolute Gasteiger partial charge is 0.433 e. The number of hydrogen-bond donors (Lipinski definition) is 2. The molecule has 1 aliphatic heterocycles. The number of hydrogen-bond acceptors (Lipinski definition) is 4. The third-order valence-corrected chi connectivity index (χ3v) is 5.41. The van der Waals surface area contributed by atoms with Crippen LogP contribution in [0, 0.1) is 5.82 Å². The van der Waals surface area contributed by atoms with E-state index in [1.54, 1.807) is 12.1 Å². The monoisotopic (exact) mass is 455 g/mol. The van der Waals surface area contributed by atoms with E-state index in [1.807, 2.05) is 11.8 Å². The number of halogens is 4. The normalized spacial score (nSPS) is 16.8. The summed E-state index contributed by atoms with van der Waals surface area (Å²) in [7, 11) is 0. The molecule has 1 aromatic heterocycles. The highest BCUT2D eigenvalue weighted by Crippen LogP contribution is 2.32. The zero-order valence-electron chi connectivity index (χ0n) is 17.2. The van der Waals surface area contributed by atoms with Gasteiger partial charge in [-0.25, -0.2) is 9.37 Å². The number of aryl methyl sites for hydroxylation is 1. The molecule has 2 aromatic rings. The number of nitrogens with one attached hydrogen (secondary N) is 2. The number of rotatable bonds is 6. The van der Waals surface area contributed by atoms with Crippen LogP contribution in [0.15, 0.2) is 30.3 Å². The quantitative estimate of drug-likeness (QED) is 0.366. The Hall–Kier alpha value is -2.49. The molecule has 0 aliphatic carbocycles. The third kappa shape index (κ3) is 6.75. The van der Waals surface area contributed by atoms with E-state index in [-0.39, 0.29) is 28.7 Å². The number of anilines is 2. The summed E-state index contributed by atoms with van der Waals surface area (Å²) in [6.45, 7) is 3.13. The van der Waals surface area contributed by atoms with E-state index in [1.165, 1.54) is 12.1 Å². The zero-order valence-corrected chi connectivity index (χ0v) is 18.0. The molecule has 1 atom stereocenters. The van der Waals surface area contributed by atoms with Gasteiger partial charge in [0.25, 0.3) is 0 Å². The molecule has 10 heteroatoms. The molecule has 1 aromatic carbocycles. The van der Waals surface area contributed by atoms with Crippen molar-refractivity contribution >= 4 is 29.1 Å². The molecule has 2 heterocycles. The topological polar surface area (TPSA) is 53.1 Å². The first-order valence-corrected chi connectivity index (χ1v) is 10.7. The maximum absolute atomic E-state index is 13.4. The Morgan fingerprint density at radius 3 is 2.61 bits per heavy atom. The van der Waals surface area contributed by atoms with E-state index < -0.39 is 11.9 Å². The minimum absolute atomic E-state index is 0.106. The molecular formula is C21H25F4N5S. The van der Waals surface area contributed by atoms with Crippen molar-refractivity contribution in [3.05, 3.63) is 47.4 Å². The van der Waals surface area contributed by atoms with Crippen LogP contribution in [-0.2, 0) is 12.6 Å². The van der Waals surface area contributed by atoms with Crippen molar-refractivity contribution in [3.63, 3.8) is 0 Å². The first kappa shape index (κ1) is 23.2. The van der Waals surface area contributed by atoms with Crippen LogP contribution in [0.1, 0.15) is 43.9 Å². The summed E-state index contributed by atoms with van der Waals surface area (Å²) in [6.07, 6.45) is -0.293. The summed E-state index contributed by atoms with van der Waals surface area (Å²) in [5.74, 6) is -0.221. The van der Waals surface area contributed by atoms with Crippen molar-refractivity contribution in [2.75, 3.05) is 23.3 Å². The summed E-state index contributed by atoms with van der Waals surface area (Å²) < 4.78 is 53.1. The van der Waals surface area contributed by atoms with E-state index in [0.29, 0.717) is 25.9 Å². The van der Waals surface area contributed by atoms with E-state index in [2.05, 4.69) is 20.6 Å². The Labute approximate surface area is 184 Å². The summed E-state index contributed by atoms with van der Waals surface area (Å²) in [5.41, 5.74) is -0.0135. The van der Waals surface area contributed by atoms with Crippen LogP contribution in [0.2, 0.25) is 0 Å². The van der Waals surface area contributed by atoms with Gasteiger partial charge in [0.1, 0.15) is 11.6 Å². The molecule has 0 saturated carbocycles. The van der Waals surface area contributed by atoms with Gasteiger partial charge in [-0.05, 0) is 68.9 Å². The predicted octanol–water partition coefficient (Wildman–Crippen LogP) is 4.93. The fraction of sp³-hybridized carbons (Fsp3) is 0.476. The lowest BCUT2D eigenvalue weighted by Crippen LogP contribution is -2.38. The third-order valence-electron chi connectivity index (χ3n) is 5.17. The Balaban J connectivity index is 1.61. The van der Waals surface area contributed by atoms with Crippen molar-refractivity contribution in [1.29, 1.82) is 0 Å². The molecule has 31 heavy (non-hydrogen) atoms. The molecule has 1 saturated heterocycles. The lowest BCUT2D eigenvalue weighted by atomic mass is 10.0. The Morgan fingerprint density at radius 2 is 1.94 bits per heavy atom. The average Bonchev–Trinajstić information content (AvgIpc) is 2.72. The number of alkyl halides is 3. The molecule has 1 fully saturated rings. The fourth-order valence-electron chi connectivity index (χ4n) is 3.51. The number of thiocarbonyl (C=S) groups is 1. The summed E-state index contributed by atoms with van der Waals surface area (Å²) >= 11 is 5.20. The Bertz CT molecular complexity index is 888. The van der Waals surface area contributed by atoms with Crippen LogP contribution in [0.5, 0.6) is 0 Å². The van der Waals surface area contributed by atoms with E-state index in [0.717, 1.165) is 30.9 Å².